The van der Waals surface area contributed by atoms with Gasteiger partial charge in [-0.15, -0.1) is 11.3 Å². The highest BCUT2D eigenvalue weighted by Gasteiger charge is 2.26. The molecule has 31 heavy (non-hydrogen) atoms. The number of hydrogen-bond donors (Lipinski definition) is 1. The van der Waals surface area contributed by atoms with Crippen molar-refractivity contribution in [3.63, 3.8) is 0 Å². The summed E-state index contributed by atoms with van der Waals surface area (Å²) < 4.78 is 7.58. The van der Waals surface area contributed by atoms with Gasteiger partial charge in [0.1, 0.15) is 4.83 Å². The second-order valence-electron chi connectivity index (χ2n) is 8.72. The summed E-state index contributed by atoms with van der Waals surface area (Å²) in [6, 6.07) is 0.279. The molecule has 2 aromatic rings. The number of ether oxygens (including phenoxy) is 1. The largest absolute Gasteiger partial charge is 0.376 e. The van der Waals surface area contributed by atoms with E-state index in [9.17, 15) is 9.59 Å². The number of nitrogens with zero attached hydrogens (tertiary/aromatic N) is 2. The summed E-state index contributed by atoms with van der Waals surface area (Å²) in [6.45, 7) is 7.29. The number of amides is 1. The molecule has 0 radical (unpaired) electrons. The molecule has 6 nitrogen and oxygen atoms in total. The first-order valence-corrected chi connectivity index (χ1v) is 13.3. The van der Waals surface area contributed by atoms with E-state index in [-0.39, 0.29) is 28.9 Å². The van der Waals surface area contributed by atoms with Gasteiger partial charge in [-0.1, -0.05) is 37.9 Å². The molecule has 1 saturated carbocycles. The van der Waals surface area contributed by atoms with Crippen LogP contribution in [0.5, 0.6) is 0 Å². The van der Waals surface area contributed by atoms with Crippen LogP contribution < -0.4 is 10.9 Å². The molecule has 3 heterocycles. The Bertz CT molecular complexity index is 988. The topological polar surface area (TPSA) is 73.2 Å². The van der Waals surface area contributed by atoms with Crippen molar-refractivity contribution in [2.75, 3.05) is 6.61 Å². The number of carbonyl (C=O) groups excluding carboxylic acids is 1. The molecule has 4 rings (SSSR count). The highest BCUT2D eigenvalue weighted by molar-refractivity contribution is 8.00. The van der Waals surface area contributed by atoms with Crippen LogP contribution in [0.2, 0.25) is 0 Å². The fourth-order valence-corrected chi connectivity index (χ4v) is 6.76. The van der Waals surface area contributed by atoms with Crippen molar-refractivity contribution in [1.82, 2.24) is 14.9 Å². The molecule has 2 fully saturated rings. The van der Waals surface area contributed by atoms with Crippen LogP contribution in [-0.4, -0.2) is 39.5 Å². The quantitative estimate of drug-likeness (QED) is 0.485. The molecular formula is C23H33N3O3S2. The third kappa shape index (κ3) is 5.01. The first-order chi connectivity index (χ1) is 15.0. The van der Waals surface area contributed by atoms with E-state index in [1.54, 1.807) is 15.9 Å². The standard InChI is InChI=1S/C23H33N3O3S2/c1-4-18-14(2)30-21-19(18)22(28)26(13-17-11-8-12-29-17)23(25-21)31-15(3)20(27)24-16-9-6-5-7-10-16/h15-17H,4-13H2,1-3H3,(H,24,27)/t15-,17-/m0/s1. The predicted octanol–water partition coefficient (Wildman–Crippen LogP) is 4.44. The summed E-state index contributed by atoms with van der Waals surface area (Å²) in [5, 5.41) is 4.27. The van der Waals surface area contributed by atoms with Gasteiger partial charge in [-0.2, -0.15) is 0 Å². The lowest BCUT2D eigenvalue weighted by Crippen LogP contribution is -2.40. The van der Waals surface area contributed by atoms with E-state index in [4.69, 9.17) is 9.72 Å². The average Bonchev–Trinajstić information content (AvgIpc) is 3.38. The average molecular weight is 464 g/mol. The molecule has 1 amide bonds. The van der Waals surface area contributed by atoms with Crippen LogP contribution in [0.25, 0.3) is 10.2 Å². The minimum atomic E-state index is -0.311. The Morgan fingerprint density at radius 3 is 2.74 bits per heavy atom. The van der Waals surface area contributed by atoms with Crippen molar-refractivity contribution < 1.29 is 9.53 Å². The van der Waals surface area contributed by atoms with Crippen LogP contribution in [0.1, 0.15) is 69.2 Å². The summed E-state index contributed by atoms with van der Waals surface area (Å²) in [7, 11) is 0. The third-order valence-corrected chi connectivity index (χ3v) is 8.58. The summed E-state index contributed by atoms with van der Waals surface area (Å²) in [5.41, 5.74) is 1.10. The predicted molar refractivity (Wildman–Crippen MR) is 127 cm³/mol. The Kier molecular flexibility index (Phi) is 7.39. The molecule has 0 bridgehead atoms. The minimum absolute atomic E-state index is 0.00379. The summed E-state index contributed by atoms with van der Waals surface area (Å²) in [4.78, 5) is 33.2. The molecular weight excluding hydrogens is 430 g/mol. The van der Waals surface area contributed by atoms with E-state index in [0.717, 1.165) is 59.4 Å². The van der Waals surface area contributed by atoms with Crippen LogP contribution in [0.15, 0.2) is 9.95 Å². The molecule has 0 aromatic carbocycles. The monoisotopic (exact) mass is 463 g/mol. The first kappa shape index (κ1) is 22.8. The number of carbonyl (C=O) groups is 1. The number of aromatic nitrogens is 2. The molecule has 1 N–H and O–H groups in total. The second kappa shape index (κ2) is 10.0. The molecule has 170 valence electrons. The van der Waals surface area contributed by atoms with Crippen LogP contribution in [0.3, 0.4) is 0 Å². The van der Waals surface area contributed by atoms with Gasteiger partial charge < -0.3 is 10.1 Å². The fraction of sp³-hybridized carbons (Fsp3) is 0.696. The van der Waals surface area contributed by atoms with E-state index in [1.807, 2.05) is 6.92 Å². The van der Waals surface area contributed by atoms with E-state index in [2.05, 4.69) is 19.2 Å². The van der Waals surface area contributed by atoms with Crippen LogP contribution in [0, 0.1) is 6.92 Å². The summed E-state index contributed by atoms with van der Waals surface area (Å²) >= 11 is 2.97. The maximum atomic E-state index is 13.6. The molecule has 0 spiro atoms. The smallest absolute Gasteiger partial charge is 0.263 e. The number of hydrogen-bond acceptors (Lipinski definition) is 6. The Hall–Kier alpha value is -1.38. The van der Waals surface area contributed by atoms with Crippen molar-refractivity contribution in [1.29, 1.82) is 0 Å². The van der Waals surface area contributed by atoms with E-state index >= 15 is 0 Å². The Morgan fingerprint density at radius 1 is 1.29 bits per heavy atom. The molecule has 2 aromatic heterocycles. The lowest BCUT2D eigenvalue weighted by molar-refractivity contribution is -0.121. The number of nitrogens with one attached hydrogen (secondary N) is 1. The Balaban J connectivity index is 1.62. The van der Waals surface area contributed by atoms with Crippen molar-refractivity contribution in [2.45, 2.75) is 101 Å². The molecule has 1 aliphatic carbocycles. The van der Waals surface area contributed by atoms with Gasteiger partial charge in [0, 0.05) is 17.5 Å². The van der Waals surface area contributed by atoms with Crippen LogP contribution >= 0.6 is 23.1 Å². The van der Waals surface area contributed by atoms with E-state index in [0.29, 0.717) is 11.7 Å². The van der Waals surface area contributed by atoms with Crippen molar-refractivity contribution >= 4 is 39.2 Å². The SMILES string of the molecule is CCc1c(C)sc2nc(S[C@@H](C)C(=O)NC3CCCCC3)n(C[C@@H]3CCCO3)c(=O)c12. The minimum Gasteiger partial charge on any atom is -0.376 e. The van der Waals surface area contributed by atoms with Gasteiger partial charge in [-0.25, -0.2) is 4.98 Å². The van der Waals surface area contributed by atoms with Gasteiger partial charge in [0.15, 0.2) is 5.16 Å². The van der Waals surface area contributed by atoms with Gasteiger partial charge in [-0.3, -0.25) is 14.2 Å². The number of thioether (sulfide) groups is 1. The Labute approximate surface area is 192 Å². The van der Waals surface area contributed by atoms with Crippen molar-refractivity contribution in [2.24, 2.45) is 0 Å². The lowest BCUT2D eigenvalue weighted by atomic mass is 9.95. The van der Waals surface area contributed by atoms with Gasteiger partial charge in [0.2, 0.25) is 5.91 Å². The van der Waals surface area contributed by atoms with E-state index in [1.165, 1.54) is 31.0 Å². The van der Waals surface area contributed by atoms with Crippen molar-refractivity contribution in [3.05, 3.63) is 20.8 Å². The van der Waals surface area contributed by atoms with Gasteiger partial charge in [0.05, 0.1) is 23.3 Å². The zero-order chi connectivity index (χ0) is 22.0. The van der Waals surface area contributed by atoms with Gasteiger partial charge in [0.25, 0.3) is 5.56 Å². The van der Waals surface area contributed by atoms with Gasteiger partial charge >= 0.3 is 0 Å². The number of thiophene rings is 1. The molecule has 1 saturated heterocycles. The second-order valence-corrected chi connectivity index (χ2v) is 11.2. The first-order valence-electron chi connectivity index (χ1n) is 11.6. The summed E-state index contributed by atoms with van der Waals surface area (Å²) in [5.74, 6) is 0.0338. The highest BCUT2D eigenvalue weighted by Crippen LogP contribution is 2.31. The van der Waals surface area contributed by atoms with E-state index < -0.39 is 0 Å². The Morgan fingerprint density at radius 2 is 2.06 bits per heavy atom. The zero-order valence-corrected chi connectivity index (χ0v) is 20.4. The van der Waals surface area contributed by atoms with Crippen LogP contribution in [0.4, 0.5) is 0 Å². The molecule has 2 aliphatic rings. The van der Waals surface area contributed by atoms with Crippen LogP contribution in [-0.2, 0) is 22.5 Å². The normalized spacial score (nSPS) is 20.9. The number of fused-ring (bicyclic) bond motifs is 1. The maximum Gasteiger partial charge on any atom is 0.263 e. The van der Waals surface area contributed by atoms with Crippen molar-refractivity contribution in [3.8, 4) is 0 Å². The number of rotatable bonds is 7. The number of aryl methyl sites for hydroxylation is 2. The molecule has 8 heteroatoms. The van der Waals surface area contributed by atoms with Gasteiger partial charge in [-0.05, 0) is 51.5 Å². The zero-order valence-electron chi connectivity index (χ0n) is 18.7. The maximum absolute atomic E-state index is 13.6. The fourth-order valence-electron chi connectivity index (χ4n) is 4.68. The molecule has 2 atom stereocenters. The molecule has 0 unspecified atom stereocenters. The highest BCUT2D eigenvalue weighted by atomic mass is 32.2. The summed E-state index contributed by atoms with van der Waals surface area (Å²) in [6.07, 6.45) is 8.58. The lowest BCUT2D eigenvalue weighted by Gasteiger charge is -2.24. The third-order valence-electron chi connectivity index (χ3n) is 6.44. The molecule has 1 aliphatic heterocycles.